The number of nitrogens with zero attached hydrogens (tertiary/aromatic N) is 1. The Kier molecular flexibility index (Phi) is 5.33. The molecule has 2 aromatic carbocycles. The van der Waals surface area contributed by atoms with E-state index in [0.717, 1.165) is 12.1 Å². The molecule has 8 nitrogen and oxygen atoms in total. The van der Waals surface area contributed by atoms with Crippen LogP contribution in [0.3, 0.4) is 0 Å². The standard InChI is InChI=1S/C21H20N2O6/c24-19(22-15-5-8-17-18(12-15)28-11-10-27-17)13-29-21(26)14-3-6-16(7-4-14)23-9-1-2-20(23)25/h3-8,12H,1-2,9-11,13H2,(H,22,24). The first-order valence-electron chi connectivity index (χ1n) is 9.37. The van der Waals surface area contributed by atoms with E-state index in [1.165, 1.54) is 0 Å². The highest BCUT2D eigenvalue weighted by atomic mass is 16.6. The zero-order valence-electron chi connectivity index (χ0n) is 15.7. The summed E-state index contributed by atoms with van der Waals surface area (Å²) in [6.45, 7) is 1.21. The maximum Gasteiger partial charge on any atom is 0.338 e. The van der Waals surface area contributed by atoms with Crippen LogP contribution < -0.4 is 19.7 Å². The fourth-order valence-electron chi connectivity index (χ4n) is 3.23. The SMILES string of the molecule is O=C(COC(=O)c1ccc(N2CCCC2=O)cc1)Nc1ccc2c(c1)OCCO2. The van der Waals surface area contributed by atoms with Crippen LogP contribution in [0.25, 0.3) is 0 Å². The van der Waals surface area contributed by atoms with Crippen molar-refractivity contribution in [1.29, 1.82) is 0 Å². The average Bonchev–Trinajstić information content (AvgIpc) is 3.18. The molecule has 0 aliphatic carbocycles. The number of ether oxygens (including phenoxy) is 3. The third kappa shape index (κ3) is 4.31. The van der Waals surface area contributed by atoms with Gasteiger partial charge in [-0.1, -0.05) is 0 Å². The lowest BCUT2D eigenvalue weighted by Gasteiger charge is -2.19. The Morgan fingerprint density at radius 1 is 1.03 bits per heavy atom. The van der Waals surface area contributed by atoms with Gasteiger partial charge in [0.2, 0.25) is 5.91 Å². The van der Waals surface area contributed by atoms with E-state index in [2.05, 4.69) is 5.32 Å². The number of benzene rings is 2. The molecule has 0 aromatic heterocycles. The lowest BCUT2D eigenvalue weighted by Crippen LogP contribution is -2.23. The van der Waals surface area contributed by atoms with Gasteiger partial charge in [0.05, 0.1) is 5.56 Å². The molecule has 0 bridgehead atoms. The first-order valence-corrected chi connectivity index (χ1v) is 9.37. The van der Waals surface area contributed by atoms with E-state index < -0.39 is 18.5 Å². The minimum atomic E-state index is -0.610. The Balaban J connectivity index is 1.30. The predicted octanol–water partition coefficient (Wildman–Crippen LogP) is 2.38. The second-order valence-corrected chi connectivity index (χ2v) is 6.68. The average molecular weight is 396 g/mol. The molecule has 1 fully saturated rings. The molecule has 1 N–H and O–H groups in total. The molecule has 8 heteroatoms. The molecular formula is C21H20N2O6. The number of rotatable bonds is 5. The van der Waals surface area contributed by atoms with Crippen LogP contribution in [0.4, 0.5) is 11.4 Å². The van der Waals surface area contributed by atoms with E-state index >= 15 is 0 Å². The molecule has 2 aliphatic rings. The molecular weight excluding hydrogens is 376 g/mol. The summed E-state index contributed by atoms with van der Waals surface area (Å²) in [7, 11) is 0. The van der Waals surface area contributed by atoms with Crippen molar-refractivity contribution in [3.05, 3.63) is 48.0 Å². The Morgan fingerprint density at radius 3 is 2.52 bits per heavy atom. The number of fused-ring (bicyclic) bond motifs is 1. The Morgan fingerprint density at radius 2 is 1.79 bits per heavy atom. The van der Waals surface area contributed by atoms with Gasteiger partial charge in [-0.3, -0.25) is 9.59 Å². The number of carbonyl (C=O) groups excluding carboxylic acids is 3. The molecule has 2 amide bonds. The molecule has 0 atom stereocenters. The summed E-state index contributed by atoms with van der Waals surface area (Å²) >= 11 is 0. The molecule has 0 spiro atoms. The lowest BCUT2D eigenvalue weighted by molar-refractivity contribution is -0.119. The van der Waals surface area contributed by atoms with E-state index in [4.69, 9.17) is 14.2 Å². The fraction of sp³-hybridized carbons (Fsp3) is 0.286. The summed E-state index contributed by atoms with van der Waals surface area (Å²) in [5, 5.41) is 2.65. The van der Waals surface area contributed by atoms with Gasteiger partial charge in [-0.15, -0.1) is 0 Å². The van der Waals surface area contributed by atoms with Crippen molar-refractivity contribution in [2.45, 2.75) is 12.8 Å². The number of carbonyl (C=O) groups is 3. The minimum Gasteiger partial charge on any atom is -0.486 e. The summed E-state index contributed by atoms with van der Waals surface area (Å²) in [5.41, 5.74) is 1.59. The van der Waals surface area contributed by atoms with Crippen molar-refractivity contribution < 1.29 is 28.6 Å². The number of esters is 1. The van der Waals surface area contributed by atoms with Gasteiger partial charge in [0.25, 0.3) is 5.91 Å². The lowest BCUT2D eigenvalue weighted by atomic mass is 10.2. The summed E-state index contributed by atoms with van der Waals surface area (Å²) in [5.74, 6) is 0.189. The van der Waals surface area contributed by atoms with Crippen molar-refractivity contribution in [3.8, 4) is 11.5 Å². The van der Waals surface area contributed by atoms with Crippen molar-refractivity contribution >= 4 is 29.2 Å². The first kappa shape index (κ1) is 18.8. The molecule has 2 aromatic rings. The van der Waals surface area contributed by atoms with Gasteiger partial charge in [0.1, 0.15) is 13.2 Å². The van der Waals surface area contributed by atoms with Crippen LogP contribution in [0.15, 0.2) is 42.5 Å². The largest absolute Gasteiger partial charge is 0.486 e. The quantitative estimate of drug-likeness (QED) is 0.780. The van der Waals surface area contributed by atoms with Gasteiger partial charge in [-0.25, -0.2) is 4.79 Å². The minimum absolute atomic E-state index is 0.0798. The topological polar surface area (TPSA) is 94.2 Å². The van der Waals surface area contributed by atoms with Gasteiger partial charge in [-0.05, 0) is 42.8 Å². The molecule has 150 valence electrons. The number of nitrogens with one attached hydrogen (secondary N) is 1. The number of hydrogen-bond donors (Lipinski definition) is 1. The summed E-state index contributed by atoms with van der Waals surface area (Å²) in [6, 6.07) is 11.6. The van der Waals surface area contributed by atoms with Crippen LogP contribution in [0.2, 0.25) is 0 Å². The van der Waals surface area contributed by atoms with E-state index in [9.17, 15) is 14.4 Å². The molecule has 2 heterocycles. The highest BCUT2D eigenvalue weighted by Crippen LogP contribution is 2.32. The molecule has 2 aliphatic heterocycles. The number of amides is 2. The van der Waals surface area contributed by atoms with Crippen molar-refractivity contribution in [2.75, 3.05) is 36.6 Å². The van der Waals surface area contributed by atoms with Crippen LogP contribution in [0.1, 0.15) is 23.2 Å². The van der Waals surface area contributed by atoms with Crippen molar-refractivity contribution in [1.82, 2.24) is 0 Å². The maximum absolute atomic E-state index is 12.2. The highest BCUT2D eigenvalue weighted by molar-refractivity contribution is 5.97. The molecule has 4 rings (SSSR count). The van der Waals surface area contributed by atoms with Gasteiger partial charge < -0.3 is 24.4 Å². The molecule has 29 heavy (non-hydrogen) atoms. The van der Waals surface area contributed by atoms with Gasteiger partial charge in [0.15, 0.2) is 18.1 Å². The number of anilines is 2. The van der Waals surface area contributed by atoms with E-state index in [0.29, 0.717) is 48.9 Å². The smallest absolute Gasteiger partial charge is 0.338 e. The Bertz CT molecular complexity index is 941. The summed E-state index contributed by atoms with van der Waals surface area (Å²) in [4.78, 5) is 37.7. The van der Waals surface area contributed by atoms with Gasteiger partial charge in [-0.2, -0.15) is 0 Å². The second-order valence-electron chi connectivity index (χ2n) is 6.68. The summed E-state index contributed by atoms with van der Waals surface area (Å²) in [6.07, 6.45) is 1.38. The Labute approximate surface area is 167 Å². The second kappa shape index (κ2) is 8.22. The van der Waals surface area contributed by atoms with E-state index in [1.54, 1.807) is 47.4 Å². The molecule has 0 unspecified atom stereocenters. The number of hydrogen-bond acceptors (Lipinski definition) is 6. The zero-order valence-corrected chi connectivity index (χ0v) is 15.7. The van der Waals surface area contributed by atoms with Crippen molar-refractivity contribution in [3.63, 3.8) is 0 Å². The first-order chi connectivity index (χ1) is 14.1. The predicted molar refractivity (Wildman–Crippen MR) is 104 cm³/mol. The molecule has 0 saturated carbocycles. The normalized spacial score (nSPS) is 15.2. The molecule has 1 saturated heterocycles. The Hall–Kier alpha value is -3.55. The van der Waals surface area contributed by atoms with Crippen LogP contribution in [-0.2, 0) is 14.3 Å². The maximum atomic E-state index is 12.2. The third-order valence-electron chi connectivity index (χ3n) is 4.65. The van der Waals surface area contributed by atoms with Gasteiger partial charge in [0, 0.05) is 30.4 Å². The highest BCUT2D eigenvalue weighted by Gasteiger charge is 2.22. The van der Waals surface area contributed by atoms with E-state index in [1.807, 2.05) is 0 Å². The van der Waals surface area contributed by atoms with Crippen LogP contribution >= 0.6 is 0 Å². The molecule has 0 radical (unpaired) electrons. The summed E-state index contributed by atoms with van der Waals surface area (Å²) < 4.78 is 16.0. The van der Waals surface area contributed by atoms with Gasteiger partial charge >= 0.3 is 5.97 Å². The van der Waals surface area contributed by atoms with Crippen molar-refractivity contribution in [2.24, 2.45) is 0 Å². The fourth-order valence-corrected chi connectivity index (χ4v) is 3.23. The van der Waals surface area contributed by atoms with Crippen LogP contribution in [0.5, 0.6) is 11.5 Å². The van der Waals surface area contributed by atoms with Crippen LogP contribution in [-0.4, -0.2) is 44.1 Å². The van der Waals surface area contributed by atoms with Crippen LogP contribution in [0, 0.1) is 0 Å². The third-order valence-corrected chi connectivity index (χ3v) is 4.65. The zero-order chi connectivity index (χ0) is 20.2. The monoisotopic (exact) mass is 396 g/mol. The van der Waals surface area contributed by atoms with E-state index in [-0.39, 0.29) is 5.91 Å².